The quantitative estimate of drug-likeness (QED) is 0.473. The molecule has 2 unspecified atom stereocenters. The van der Waals surface area contributed by atoms with E-state index in [0.29, 0.717) is 11.8 Å². The molecule has 2 aliphatic rings. The maximum Gasteiger partial charge on any atom is 0.310 e. The van der Waals surface area contributed by atoms with Crippen LogP contribution in [0.2, 0.25) is 0 Å². The first-order chi connectivity index (χ1) is 6.47. The van der Waals surface area contributed by atoms with Crippen LogP contribution in [-0.4, -0.2) is 11.6 Å². The third kappa shape index (κ3) is 1.70. The van der Waals surface area contributed by atoms with Crippen LogP contribution in [0.5, 0.6) is 0 Å². The second-order valence-electron chi connectivity index (χ2n) is 5.35. The van der Waals surface area contributed by atoms with Crippen molar-refractivity contribution in [2.24, 2.45) is 17.8 Å². The molecule has 0 spiro atoms. The molecule has 1 fully saturated rings. The molecule has 0 aromatic rings. The number of hydrogen-bond acceptors (Lipinski definition) is 2. The highest BCUT2D eigenvalue weighted by atomic mass is 16.6. The van der Waals surface area contributed by atoms with Crippen molar-refractivity contribution in [1.82, 2.24) is 0 Å². The Bertz CT molecular complexity index is 259. The number of allylic oxidation sites excluding steroid dienone is 2. The van der Waals surface area contributed by atoms with Gasteiger partial charge < -0.3 is 4.74 Å². The SMILES string of the molecule is CC(C)(C)OC(=O)C1C2C=CC1CC2. The first-order valence-corrected chi connectivity index (χ1v) is 5.38. The van der Waals surface area contributed by atoms with Crippen LogP contribution in [0.15, 0.2) is 12.2 Å². The van der Waals surface area contributed by atoms with Crippen LogP contribution in [0, 0.1) is 17.8 Å². The molecule has 0 aromatic carbocycles. The van der Waals surface area contributed by atoms with E-state index in [1.54, 1.807) is 0 Å². The summed E-state index contributed by atoms with van der Waals surface area (Å²) < 4.78 is 5.42. The summed E-state index contributed by atoms with van der Waals surface area (Å²) in [6, 6.07) is 0. The Morgan fingerprint density at radius 3 is 2.07 bits per heavy atom. The minimum absolute atomic E-state index is 0.00463. The summed E-state index contributed by atoms with van der Waals surface area (Å²) in [5.74, 6) is 1.02. The standard InChI is InChI=1S/C12H18O2/c1-12(2,3)14-11(13)10-8-4-5-9(10)7-6-8/h4-5,8-10H,6-7H2,1-3H3. The van der Waals surface area contributed by atoms with E-state index in [2.05, 4.69) is 12.2 Å². The van der Waals surface area contributed by atoms with Crippen molar-refractivity contribution < 1.29 is 9.53 Å². The number of ether oxygens (including phenoxy) is 1. The van der Waals surface area contributed by atoms with Gasteiger partial charge in [-0.05, 0) is 45.4 Å². The van der Waals surface area contributed by atoms with Gasteiger partial charge in [0.2, 0.25) is 0 Å². The number of esters is 1. The maximum absolute atomic E-state index is 11.9. The van der Waals surface area contributed by atoms with Crippen LogP contribution in [0.1, 0.15) is 33.6 Å². The predicted molar refractivity (Wildman–Crippen MR) is 54.7 cm³/mol. The molecular weight excluding hydrogens is 176 g/mol. The van der Waals surface area contributed by atoms with Gasteiger partial charge in [0.25, 0.3) is 0 Å². The van der Waals surface area contributed by atoms with Crippen LogP contribution in [0.25, 0.3) is 0 Å². The molecule has 0 aliphatic heterocycles. The third-order valence-electron chi connectivity index (χ3n) is 3.04. The average molecular weight is 194 g/mol. The van der Waals surface area contributed by atoms with Crippen molar-refractivity contribution >= 4 is 5.97 Å². The molecule has 1 saturated carbocycles. The molecule has 2 heteroatoms. The molecule has 0 saturated heterocycles. The van der Waals surface area contributed by atoms with Crippen molar-refractivity contribution in [2.45, 2.75) is 39.2 Å². The molecule has 2 rings (SSSR count). The van der Waals surface area contributed by atoms with Crippen LogP contribution < -0.4 is 0 Å². The molecule has 0 radical (unpaired) electrons. The Kier molecular flexibility index (Phi) is 2.17. The topological polar surface area (TPSA) is 26.3 Å². The number of fused-ring (bicyclic) bond motifs is 2. The molecule has 78 valence electrons. The first kappa shape index (κ1) is 9.75. The Morgan fingerprint density at radius 2 is 1.71 bits per heavy atom. The van der Waals surface area contributed by atoms with Gasteiger partial charge in [-0.2, -0.15) is 0 Å². The fourth-order valence-corrected chi connectivity index (χ4v) is 2.50. The first-order valence-electron chi connectivity index (χ1n) is 5.38. The van der Waals surface area contributed by atoms with Crippen molar-refractivity contribution in [3.05, 3.63) is 12.2 Å². The summed E-state index contributed by atoms with van der Waals surface area (Å²) in [4.78, 5) is 11.9. The van der Waals surface area contributed by atoms with E-state index in [0.717, 1.165) is 12.8 Å². The second kappa shape index (κ2) is 3.11. The lowest BCUT2D eigenvalue weighted by atomic mass is 9.96. The molecule has 2 bridgehead atoms. The van der Waals surface area contributed by atoms with Gasteiger partial charge in [0.1, 0.15) is 5.60 Å². The minimum atomic E-state index is -0.348. The van der Waals surface area contributed by atoms with E-state index >= 15 is 0 Å². The maximum atomic E-state index is 11.9. The Morgan fingerprint density at radius 1 is 1.21 bits per heavy atom. The fourth-order valence-electron chi connectivity index (χ4n) is 2.50. The molecule has 0 heterocycles. The third-order valence-corrected chi connectivity index (χ3v) is 3.04. The molecule has 2 atom stereocenters. The van der Waals surface area contributed by atoms with Gasteiger partial charge in [0.05, 0.1) is 5.92 Å². The van der Waals surface area contributed by atoms with E-state index in [4.69, 9.17) is 4.74 Å². The highest BCUT2D eigenvalue weighted by Gasteiger charge is 2.44. The number of hydrogen-bond donors (Lipinski definition) is 0. The van der Waals surface area contributed by atoms with E-state index < -0.39 is 0 Å². The van der Waals surface area contributed by atoms with Gasteiger partial charge in [-0.15, -0.1) is 0 Å². The summed E-state index contributed by atoms with van der Waals surface area (Å²) >= 11 is 0. The lowest BCUT2D eigenvalue weighted by Crippen LogP contribution is -2.30. The molecule has 0 aromatic heterocycles. The van der Waals surface area contributed by atoms with Gasteiger partial charge in [-0.1, -0.05) is 12.2 Å². The smallest absolute Gasteiger partial charge is 0.310 e. The largest absolute Gasteiger partial charge is 0.460 e. The molecule has 14 heavy (non-hydrogen) atoms. The average Bonchev–Trinajstić information content (AvgIpc) is 2.57. The van der Waals surface area contributed by atoms with Gasteiger partial charge in [0, 0.05) is 0 Å². The van der Waals surface area contributed by atoms with Gasteiger partial charge in [0.15, 0.2) is 0 Å². The van der Waals surface area contributed by atoms with Crippen LogP contribution in [0.4, 0.5) is 0 Å². The summed E-state index contributed by atoms with van der Waals surface area (Å²) in [7, 11) is 0. The summed E-state index contributed by atoms with van der Waals surface area (Å²) in [5.41, 5.74) is -0.348. The van der Waals surface area contributed by atoms with E-state index in [1.165, 1.54) is 0 Å². The van der Waals surface area contributed by atoms with Crippen molar-refractivity contribution in [3.8, 4) is 0 Å². The molecule has 0 amide bonds. The Balaban J connectivity index is 2.01. The Labute approximate surface area is 85.3 Å². The lowest BCUT2D eigenvalue weighted by molar-refractivity contribution is -0.161. The monoisotopic (exact) mass is 194 g/mol. The van der Waals surface area contributed by atoms with Crippen LogP contribution in [-0.2, 0) is 9.53 Å². The zero-order chi connectivity index (χ0) is 10.3. The molecular formula is C12H18O2. The second-order valence-corrected chi connectivity index (χ2v) is 5.35. The summed E-state index contributed by atoms with van der Waals surface area (Å²) in [6.07, 6.45) is 6.68. The van der Waals surface area contributed by atoms with E-state index in [-0.39, 0.29) is 17.5 Å². The summed E-state index contributed by atoms with van der Waals surface area (Å²) in [5, 5.41) is 0. The molecule has 2 nitrogen and oxygen atoms in total. The molecule has 0 N–H and O–H groups in total. The van der Waals surface area contributed by atoms with Gasteiger partial charge in [-0.25, -0.2) is 0 Å². The zero-order valence-electron chi connectivity index (χ0n) is 9.12. The zero-order valence-corrected chi connectivity index (χ0v) is 9.12. The predicted octanol–water partition coefficient (Wildman–Crippen LogP) is 2.54. The van der Waals surface area contributed by atoms with Crippen molar-refractivity contribution in [3.63, 3.8) is 0 Å². The van der Waals surface area contributed by atoms with Gasteiger partial charge in [-0.3, -0.25) is 4.79 Å². The number of carbonyl (C=O) groups is 1. The van der Waals surface area contributed by atoms with Crippen molar-refractivity contribution in [1.29, 1.82) is 0 Å². The van der Waals surface area contributed by atoms with Gasteiger partial charge >= 0.3 is 5.97 Å². The van der Waals surface area contributed by atoms with E-state index in [1.807, 2.05) is 20.8 Å². The van der Waals surface area contributed by atoms with Crippen LogP contribution >= 0.6 is 0 Å². The highest BCUT2D eigenvalue weighted by Crippen LogP contribution is 2.45. The lowest BCUT2D eigenvalue weighted by Gasteiger charge is -2.23. The summed E-state index contributed by atoms with van der Waals surface area (Å²) in [6.45, 7) is 5.78. The minimum Gasteiger partial charge on any atom is -0.460 e. The number of rotatable bonds is 1. The highest BCUT2D eigenvalue weighted by molar-refractivity contribution is 5.75. The normalized spacial score (nSPS) is 34.9. The van der Waals surface area contributed by atoms with E-state index in [9.17, 15) is 4.79 Å². The number of carbonyl (C=O) groups excluding carboxylic acids is 1. The van der Waals surface area contributed by atoms with Crippen molar-refractivity contribution in [2.75, 3.05) is 0 Å². The fraction of sp³-hybridized carbons (Fsp3) is 0.750. The Hall–Kier alpha value is -0.790. The van der Waals surface area contributed by atoms with Crippen LogP contribution in [0.3, 0.4) is 0 Å². The molecule has 2 aliphatic carbocycles.